The van der Waals surface area contributed by atoms with Crippen molar-refractivity contribution in [2.75, 3.05) is 5.32 Å². The number of rotatable bonds is 2. The minimum atomic E-state index is -0.322. The first-order valence-corrected chi connectivity index (χ1v) is 6.04. The first-order valence-electron chi connectivity index (χ1n) is 5.25. The Kier molecular flexibility index (Phi) is 3.72. The van der Waals surface area contributed by atoms with E-state index in [4.69, 9.17) is 0 Å². The molecule has 1 aromatic carbocycles. The molecule has 1 N–H and O–H groups in total. The lowest BCUT2D eigenvalue weighted by atomic mass is 10.1. The van der Waals surface area contributed by atoms with Crippen molar-refractivity contribution < 1.29 is 9.18 Å². The Hall–Kier alpha value is -1.75. The van der Waals surface area contributed by atoms with E-state index in [2.05, 4.69) is 26.2 Å². The Labute approximate surface area is 112 Å². The monoisotopic (exact) mass is 308 g/mol. The number of nitrogens with one attached hydrogen (secondary N) is 1. The molecule has 3 nitrogen and oxygen atoms in total. The maximum absolute atomic E-state index is 13.1. The van der Waals surface area contributed by atoms with E-state index in [-0.39, 0.29) is 11.7 Å². The summed E-state index contributed by atoms with van der Waals surface area (Å²) in [5.74, 6) is -0.612. The average molecular weight is 309 g/mol. The van der Waals surface area contributed by atoms with Gasteiger partial charge >= 0.3 is 0 Å². The van der Waals surface area contributed by atoms with Crippen molar-refractivity contribution in [2.45, 2.75) is 6.92 Å². The number of aromatic nitrogens is 1. The Morgan fingerprint density at radius 1 is 1.33 bits per heavy atom. The fourth-order valence-corrected chi connectivity index (χ4v) is 1.67. The van der Waals surface area contributed by atoms with Crippen LogP contribution in [-0.2, 0) is 0 Å². The summed E-state index contributed by atoms with van der Waals surface area (Å²) in [6, 6.07) is 7.70. The Morgan fingerprint density at radius 3 is 2.72 bits per heavy atom. The predicted octanol–water partition coefficient (Wildman–Crippen LogP) is 3.54. The van der Waals surface area contributed by atoms with Gasteiger partial charge < -0.3 is 5.32 Å². The molecule has 0 radical (unpaired) electrons. The molecular formula is C13H10BrFN2O. The molecule has 1 heterocycles. The maximum Gasteiger partial charge on any atom is 0.255 e. The number of hydrogen-bond acceptors (Lipinski definition) is 2. The van der Waals surface area contributed by atoms with E-state index < -0.39 is 0 Å². The molecule has 18 heavy (non-hydrogen) atoms. The van der Waals surface area contributed by atoms with Crippen molar-refractivity contribution in [3.05, 3.63) is 58.1 Å². The van der Waals surface area contributed by atoms with E-state index in [0.29, 0.717) is 21.4 Å². The summed E-state index contributed by atoms with van der Waals surface area (Å²) in [5, 5.41) is 2.69. The van der Waals surface area contributed by atoms with Gasteiger partial charge in [0.1, 0.15) is 10.4 Å². The third-order valence-electron chi connectivity index (χ3n) is 2.41. The number of anilines is 1. The zero-order valence-corrected chi connectivity index (χ0v) is 11.2. The van der Waals surface area contributed by atoms with Crippen LogP contribution in [0.4, 0.5) is 10.1 Å². The van der Waals surface area contributed by atoms with E-state index in [9.17, 15) is 9.18 Å². The van der Waals surface area contributed by atoms with Gasteiger partial charge in [0.15, 0.2) is 0 Å². The zero-order valence-electron chi connectivity index (χ0n) is 9.58. The maximum atomic E-state index is 13.1. The number of nitrogens with zero attached hydrogens (tertiary/aromatic N) is 1. The number of carbonyl (C=O) groups is 1. The van der Waals surface area contributed by atoms with Crippen molar-refractivity contribution in [3.63, 3.8) is 0 Å². The summed E-state index contributed by atoms with van der Waals surface area (Å²) < 4.78 is 13.8. The van der Waals surface area contributed by atoms with Crippen LogP contribution in [0.1, 0.15) is 15.9 Å². The number of benzene rings is 1. The van der Waals surface area contributed by atoms with Gasteiger partial charge in [-0.05, 0) is 58.7 Å². The van der Waals surface area contributed by atoms with Crippen LogP contribution in [0.5, 0.6) is 0 Å². The standard InChI is InChI=1S/C13H10BrFN2O/c1-8-6-9(2-4-11(8)15)13(18)17-10-3-5-12(14)16-7-10/h2-7H,1H3,(H,17,18). The highest BCUT2D eigenvalue weighted by Crippen LogP contribution is 2.13. The van der Waals surface area contributed by atoms with Crippen molar-refractivity contribution >= 4 is 27.5 Å². The molecular weight excluding hydrogens is 299 g/mol. The molecule has 0 unspecified atom stereocenters. The third kappa shape index (κ3) is 2.92. The zero-order chi connectivity index (χ0) is 13.1. The molecule has 2 rings (SSSR count). The third-order valence-corrected chi connectivity index (χ3v) is 2.87. The highest BCUT2D eigenvalue weighted by molar-refractivity contribution is 9.10. The van der Waals surface area contributed by atoms with Gasteiger partial charge in [-0.2, -0.15) is 0 Å². The minimum absolute atomic E-state index is 0.290. The van der Waals surface area contributed by atoms with Gasteiger partial charge in [-0.1, -0.05) is 0 Å². The van der Waals surface area contributed by atoms with Gasteiger partial charge in [0.25, 0.3) is 5.91 Å². The van der Waals surface area contributed by atoms with Crippen molar-refractivity contribution in [3.8, 4) is 0 Å². The van der Waals surface area contributed by atoms with Crippen molar-refractivity contribution in [2.24, 2.45) is 0 Å². The largest absolute Gasteiger partial charge is 0.321 e. The van der Waals surface area contributed by atoms with Crippen LogP contribution in [-0.4, -0.2) is 10.9 Å². The lowest BCUT2D eigenvalue weighted by Crippen LogP contribution is -2.12. The van der Waals surface area contributed by atoms with Crippen LogP contribution in [0.2, 0.25) is 0 Å². The molecule has 0 saturated carbocycles. The van der Waals surface area contributed by atoms with Gasteiger partial charge in [-0.15, -0.1) is 0 Å². The molecule has 1 aromatic heterocycles. The van der Waals surface area contributed by atoms with Crippen LogP contribution in [0, 0.1) is 12.7 Å². The quantitative estimate of drug-likeness (QED) is 0.862. The van der Waals surface area contributed by atoms with Gasteiger partial charge in [0.05, 0.1) is 11.9 Å². The number of hydrogen-bond donors (Lipinski definition) is 1. The number of carbonyl (C=O) groups excluding carboxylic acids is 1. The number of amides is 1. The fourth-order valence-electron chi connectivity index (χ4n) is 1.44. The summed E-state index contributed by atoms with van der Waals surface area (Å²) in [4.78, 5) is 15.9. The fraction of sp³-hybridized carbons (Fsp3) is 0.0769. The van der Waals surface area contributed by atoms with Crippen LogP contribution >= 0.6 is 15.9 Å². The Bertz CT molecular complexity index is 584. The predicted molar refractivity (Wildman–Crippen MR) is 71.0 cm³/mol. The second-order valence-electron chi connectivity index (χ2n) is 3.79. The average Bonchev–Trinajstić information content (AvgIpc) is 2.35. The smallest absolute Gasteiger partial charge is 0.255 e. The molecule has 2 aromatic rings. The highest BCUT2D eigenvalue weighted by atomic mass is 79.9. The van der Waals surface area contributed by atoms with E-state index in [1.165, 1.54) is 18.2 Å². The molecule has 0 aliphatic rings. The van der Waals surface area contributed by atoms with E-state index >= 15 is 0 Å². The number of pyridine rings is 1. The van der Waals surface area contributed by atoms with E-state index in [0.717, 1.165) is 0 Å². The molecule has 92 valence electrons. The normalized spacial score (nSPS) is 10.2. The molecule has 0 aliphatic heterocycles. The summed E-state index contributed by atoms with van der Waals surface area (Å²) in [5.41, 5.74) is 1.44. The van der Waals surface area contributed by atoms with Gasteiger partial charge in [-0.3, -0.25) is 4.79 Å². The molecule has 0 spiro atoms. The molecule has 1 amide bonds. The van der Waals surface area contributed by atoms with Crippen LogP contribution < -0.4 is 5.32 Å². The first-order chi connectivity index (χ1) is 8.56. The van der Waals surface area contributed by atoms with Crippen molar-refractivity contribution in [1.82, 2.24) is 4.98 Å². The first kappa shape index (κ1) is 12.7. The molecule has 5 heteroatoms. The molecule has 0 saturated heterocycles. The number of aryl methyl sites for hydroxylation is 1. The number of halogens is 2. The second kappa shape index (κ2) is 5.27. The molecule has 0 bridgehead atoms. The molecule has 0 aliphatic carbocycles. The lowest BCUT2D eigenvalue weighted by Gasteiger charge is -2.06. The van der Waals surface area contributed by atoms with Crippen molar-refractivity contribution in [1.29, 1.82) is 0 Å². The summed E-state index contributed by atoms with van der Waals surface area (Å²) in [7, 11) is 0. The topological polar surface area (TPSA) is 42.0 Å². The Morgan fingerprint density at radius 2 is 2.11 bits per heavy atom. The molecule has 0 fully saturated rings. The van der Waals surface area contributed by atoms with Crippen LogP contribution in [0.25, 0.3) is 0 Å². The van der Waals surface area contributed by atoms with Gasteiger partial charge in [-0.25, -0.2) is 9.37 Å². The minimum Gasteiger partial charge on any atom is -0.321 e. The van der Waals surface area contributed by atoms with E-state index in [1.54, 1.807) is 25.3 Å². The highest BCUT2D eigenvalue weighted by Gasteiger charge is 2.08. The van der Waals surface area contributed by atoms with Gasteiger partial charge in [0, 0.05) is 5.56 Å². The SMILES string of the molecule is Cc1cc(C(=O)Nc2ccc(Br)nc2)ccc1F. The summed E-state index contributed by atoms with van der Waals surface area (Å²) in [6.45, 7) is 1.62. The van der Waals surface area contributed by atoms with Gasteiger partial charge in [0.2, 0.25) is 0 Å². The summed E-state index contributed by atoms with van der Waals surface area (Å²) in [6.07, 6.45) is 1.54. The van der Waals surface area contributed by atoms with E-state index in [1.807, 2.05) is 0 Å². The second-order valence-corrected chi connectivity index (χ2v) is 4.60. The summed E-state index contributed by atoms with van der Waals surface area (Å²) >= 11 is 3.21. The van der Waals surface area contributed by atoms with Crippen LogP contribution in [0.3, 0.4) is 0 Å². The van der Waals surface area contributed by atoms with Crippen LogP contribution in [0.15, 0.2) is 41.1 Å². The lowest BCUT2D eigenvalue weighted by molar-refractivity contribution is 0.102. The molecule has 0 atom stereocenters. The Balaban J connectivity index is 2.16.